The molecule has 4 heteroatoms. The van der Waals surface area contributed by atoms with Gasteiger partial charge in [0.15, 0.2) is 0 Å². The van der Waals surface area contributed by atoms with E-state index >= 15 is 0 Å². The van der Waals surface area contributed by atoms with Gasteiger partial charge in [0.25, 0.3) is 0 Å². The van der Waals surface area contributed by atoms with Crippen molar-refractivity contribution in [2.45, 2.75) is 58.5 Å². The van der Waals surface area contributed by atoms with E-state index in [0.29, 0.717) is 5.02 Å². The second-order valence-corrected chi connectivity index (χ2v) is 4.56. The number of halogens is 1. The molecule has 0 aliphatic rings. The van der Waals surface area contributed by atoms with Gasteiger partial charge in [0.05, 0.1) is 16.9 Å². The summed E-state index contributed by atoms with van der Waals surface area (Å²) in [5.74, 6) is 0. The van der Waals surface area contributed by atoms with Crippen LogP contribution in [0.4, 0.5) is 0 Å². The fourth-order valence-electron chi connectivity index (χ4n) is 1.92. The Kier molecular flexibility index (Phi) is 5.85. The molecule has 16 heavy (non-hydrogen) atoms. The molecule has 0 amide bonds. The van der Waals surface area contributed by atoms with E-state index in [-0.39, 0.29) is 6.04 Å². The van der Waals surface area contributed by atoms with Gasteiger partial charge in [-0.3, -0.25) is 4.68 Å². The van der Waals surface area contributed by atoms with Crippen molar-refractivity contribution in [3.63, 3.8) is 0 Å². The number of aryl methyl sites for hydroxylation is 1. The van der Waals surface area contributed by atoms with E-state index in [1.54, 1.807) is 6.20 Å². The van der Waals surface area contributed by atoms with Crippen molar-refractivity contribution < 1.29 is 0 Å². The lowest BCUT2D eigenvalue weighted by Gasteiger charge is -2.13. The summed E-state index contributed by atoms with van der Waals surface area (Å²) in [7, 11) is 0. The topological polar surface area (TPSA) is 43.8 Å². The van der Waals surface area contributed by atoms with Crippen LogP contribution in [-0.2, 0) is 6.54 Å². The molecule has 1 unspecified atom stereocenters. The van der Waals surface area contributed by atoms with Gasteiger partial charge in [-0.25, -0.2) is 0 Å². The first kappa shape index (κ1) is 13.5. The molecule has 0 fully saturated rings. The Morgan fingerprint density at radius 2 is 2.12 bits per heavy atom. The number of hydrogen-bond acceptors (Lipinski definition) is 2. The SMILES string of the molecule is CCCCCCC(N)c1c(Cl)cnn1CC. The van der Waals surface area contributed by atoms with Gasteiger partial charge < -0.3 is 5.73 Å². The van der Waals surface area contributed by atoms with Crippen molar-refractivity contribution in [1.29, 1.82) is 0 Å². The minimum absolute atomic E-state index is 0.0202. The second-order valence-electron chi connectivity index (χ2n) is 4.15. The van der Waals surface area contributed by atoms with E-state index in [2.05, 4.69) is 18.9 Å². The maximum absolute atomic E-state index is 6.15. The maximum Gasteiger partial charge on any atom is 0.0834 e. The molecule has 2 N–H and O–H groups in total. The van der Waals surface area contributed by atoms with Crippen LogP contribution in [0.25, 0.3) is 0 Å². The Labute approximate surface area is 103 Å². The monoisotopic (exact) mass is 243 g/mol. The number of aromatic nitrogens is 2. The zero-order valence-corrected chi connectivity index (χ0v) is 11.0. The Morgan fingerprint density at radius 1 is 1.38 bits per heavy atom. The Bertz CT molecular complexity index is 309. The third-order valence-corrected chi connectivity index (χ3v) is 3.14. The molecule has 0 aliphatic carbocycles. The second kappa shape index (κ2) is 6.92. The molecule has 3 nitrogen and oxygen atoms in total. The van der Waals surface area contributed by atoms with Gasteiger partial charge in [-0.2, -0.15) is 5.10 Å². The lowest BCUT2D eigenvalue weighted by Crippen LogP contribution is -2.16. The lowest BCUT2D eigenvalue weighted by atomic mass is 10.1. The van der Waals surface area contributed by atoms with Crippen LogP contribution in [0.3, 0.4) is 0 Å². The van der Waals surface area contributed by atoms with Crippen molar-refractivity contribution in [2.24, 2.45) is 5.73 Å². The van der Waals surface area contributed by atoms with Crippen LogP contribution in [0.1, 0.15) is 57.7 Å². The Morgan fingerprint density at radius 3 is 2.75 bits per heavy atom. The summed E-state index contributed by atoms with van der Waals surface area (Å²) in [5.41, 5.74) is 7.14. The van der Waals surface area contributed by atoms with Crippen LogP contribution in [0.15, 0.2) is 6.20 Å². The molecule has 0 spiro atoms. The molecular formula is C12H22ClN3. The fourth-order valence-corrected chi connectivity index (χ4v) is 2.20. The van der Waals surface area contributed by atoms with Gasteiger partial charge in [0.2, 0.25) is 0 Å². The molecule has 1 rings (SSSR count). The summed E-state index contributed by atoms with van der Waals surface area (Å²) < 4.78 is 1.90. The minimum Gasteiger partial charge on any atom is -0.323 e. The number of rotatable bonds is 7. The third kappa shape index (κ3) is 3.49. The first-order valence-corrected chi connectivity index (χ1v) is 6.55. The highest BCUT2D eigenvalue weighted by atomic mass is 35.5. The minimum atomic E-state index is 0.0202. The van der Waals surface area contributed by atoms with Crippen LogP contribution in [-0.4, -0.2) is 9.78 Å². The van der Waals surface area contributed by atoms with E-state index in [1.165, 1.54) is 25.7 Å². The normalized spacial score (nSPS) is 13.0. The Hall–Kier alpha value is -0.540. The van der Waals surface area contributed by atoms with Crippen LogP contribution in [0.5, 0.6) is 0 Å². The number of hydrogen-bond donors (Lipinski definition) is 1. The highest BCUT2D eigenvalue weighted by Gasteiger charge is 2.15. The van der Waals surface area contributed by atoms with Crippen LogP contribution in [0.2, 0.25) is 5.02 Å². The van der Waals surface area contributed by atoms with Crippen molar-refractivity contribution in [3.8, 4) is 0 Å². The molecular weight excluding hydrogens is 222 g/mol. The molecule has 0 saturated heterocycles. The predicted octanol–water partition coefficient (Wildman–Crippen LogP) is 3.53. The summed E-state index contributed by atoms with van der Waals surface area (Å²) in [6.45, 7) is 5.09. The molecule has 1 aromatic heterocycles. The largest absolute Gasteiger partial charge is 0.323 e. The van der Waals surface area contributed by atoms with E-state index in [9.17, 15) is 0 Å². The van der Waals surface area contributed by atoms with Gasteiger partial charge in [-0.05, 0) is 13.3 Å². The van der Waals surface area contributed by atoms with Gasteiger partial charge in [-0.15, -0.1) is 0 Å². The van der Waals surface area contributed by atoms with Gasteiger partial charge in [0.1, 0.15) is 0 Å². The number of unbranched alkanes of at least 4 members (excludes halogenated alkanes) is 3. The molecule has 0 radical (unpaired) electrons. The zero-order valence-electron chi connectivity index (χ0n) is 10.2. The average molecular weight is 244 g/mol. The number of nitrogens with zero attached hydrogens (tertiary/aromatic N) is 2. The highest BCUT2D eigenvalue weighted by molar-refractivity contribution is 6.31. The van der Waals surface area contributed by atoms with Crippen molar-refractivity contribution in [1.82, 2.24) is 9.78 Å². The predicted molar refractivity (Wildman–Crippen MR) is 68.6 cm³/mol. The standard InChI is InChI=1S/C12H22ClN3/c1-3-5-6-7-8-11(14)12-10(13)9-15-16(12)4-2/h9,11H,3-8,14H2,1-2H3. The summed E-state index contributed by atoms with van der Waals surface area (Å²) >= 11 is 6.10. The summed E-state index contributed by atoms with van der Waals surface area (Å²) in [5, 5.41) is 4.90. The maximum atomic E-state index is 6.15. The molecule has 92 valence electrons. The van der Waals surface area contributed by atoms with E-state index in [4.69, 9.17) is 17.3 Å². The molecule has 0 saturated carbocycles. The molecule has 0 aromatic carbocycles. The molecule has 1 atom stereocenters. The van der Waals surface area contributed by atoms with Crippen molar-refractivity contribution in [2.75, 3.05) is 0 Å². The van der Waals surface area contributed by atoms with Gasteiger partial charge in [0, 0.05) is 12.6 Å². The first-order chi connectivity index (χ1) is 7.70. The summed E-state index contributed by atoms with van der Waals surface area (Å²) in [6, 6.07) is 0.0202. The highest BCUT2D eigenvalue weighted by Crippen LogP contribution is 2.24. The van der Waals surface area contributed by atoms with E-state index in [1.807, 2.05) is 4.68 Å². The molecule has 1 aromatic rings. The van der Waals surface area contributed by atoms with Gasteiger partial charge >= 0.3 is 0 Å². The van der Waals surface area contributed by atoms with Crippen LogP contribution >= 0.6 is 11.6 Å². The van der Waals surface area contributed by atoms with Crippen LogP contribution in [0, 0.1) is 0 Å². The third-order valence-electron chi connectivity index (χ3n) is 2.85. The first-order valence-electron chi connectivity index (χ1n) is 6.17. The number of nitrogens with two attached hydrogens (primary N) is 1. The lowest BCUT2D eigenvalue weighted by molar-refractivity contribution is 0.516. The van der Waals surface area contributed by atoms with E-state index in [0.717, 1.165) is 18.7 Å². The Balaban J connectivity index is 2.51. The summed E-state index contributed by atoms with van der Waals surface area (Å²) in [6.07, 6.45) is 7.64. The quantitative estimate of drug-likeness (QED) is 0.745. The van der Waals surface area contributed by atoms with E-state index < -0.39 is 0 Å². The summed E-state index contributed by atoms with van der Waals surface area (Å²) in [4.78, 5) is 0. The molecule has 0 bridgehead atoms. The fraction of sp³-hybridized carbons (Fsp3) is 0.750. The zero-order chi connectivity index (χ0) is 12.0. The van der Waals surface area contributed by atoms with Crippen molar-refractivity contribution >= 4 is 11.6 Å². The smallest absolute Gasteiger partial charge is 0.0834 e. The molecule has 1 heterocycles. The average Bonchev–Trinajstić information content (AvgIpc) is 2.65. The molecule has 0 aliphatic heterocycles. The van der Waals surface area contributed by atoms with Crippen LogP contribution < -0.4 is 5.73 Å². The van der Waals surface area contributed by atoms with Crippen molar-refractivity contribution in [3.05, 3.63) is 16.9 Å². The van der Waals surface area contributed by atoms with Gasteiger partial charge in [-0.1, -0.05) is 44.2 Å².